The molecule has 0 unspecified atom stereocenters. The number of benzene rings is 2. The topological polar surface area (TPSA) is 79.4 Å². The fourth-order valence-electron chi connectivity index (χ4n) is 2.87. The van der Waals surface area contributed by atoms with Crippen LogP contribution in [0.25, 0.3) is 11.0 Å². The molecule has 1 aliphatic heterocycles. The van der Waals surface area contributed by atoms with E-state index in [1.807, 2.05) is 54.6 Å². The quantitative estimate of drug-likeness (QED) is 0.752. The van der Waals surface area contributed by atoms with Crippen molar-refractivity contribution in [3.8, 4) is 0 Å². The fraction of sp³-hybridized carbons (Fsp3) is 0.211. The maximum absolute atomic E-state index is 12.2. The number of hydrogen-bond donors (Lipinski definition) is 2. The van der Waals surface area contributed by atoms with E-state index in [-0.39, 0.29) is 12.0 Å². The molecule has 1 aliphatic rings. The number of aromatic nitrogens is 2. The summed E-state index contributed by atoms with van der Waals surface area (Å²) in [7, 11) is 0. The van der Waals surface area contributed by atoms with E-state index in [4.69, 9.17) is 4.84 Å². The Balaban J connectivity index is 1.32. The second-order valence-electron chi connectivity index (χ2n) is 6.04. The van der Waals surface area contributed by atoms with Gasteiger partial charge in [0.2, 0.25) is 0 Å². The molecule has 1 atom stereocenters. The van der Waals surface area contributed by atoms with Crippen molar-refractivity contribution < 1.29 is 9.63 Å². The minimum absolute atomic E-state index is 0.168. The lowest BCUT2D eigenvalue weighted by molar-refractivity contribution is -0.115. The lowest BCUT2D eigenvalue weighted by Crippen LogP contribution is -2.30. The number of nitrogens with one attached hydrogen (secondary N) is 2. The normalized spacial score (nSPS) is 16.5. The van der Waals surface area contributed by atoms with Crippen LogP contribution in [0.1, 0.15) is 17.8 Å². The Kier molecular flexibility index (Phi) is 4.16. The zero-order valence-electron chi connectivity index (χ0n) is 13.6. The highest BCUT2D eigenvalue weighted by molar-refractivity contribution is 6.39. The third-order valence-electron chi connectivity index (χ3n) is 4.15. The number of hydrogen-bond acceptors (Lipinski definition) is 4. The zero-order valence-corrected chi connectivity index (χ0v) is 13.6. The van der Waals surface area contributed by atoms with Gasteiger partial charge >= 0.3 is 0 Å². The Morgan fingerprint density at radius 2 is 1.96 bits per heavy atom. The highest BCUT2D eigenvalue weighted by Crippen LogP contribution is 2.17. The first-order valence-electron chi connectivity index (χ1n) is 8.26. The van der Waals surface area contributed by atoms with Crippen molar-refractivity contribution in [2.75, 3.05) is 0 Å². The Hall–Kier alpha value is -3.15. The number of para-hydroxylation sites is 2. The highest BCUT2D eigenvalue weighted by Gasteiger charge is 2.27. The lowest BCUT2D eigenvalue weighted by atomic mass is 10.1. The smallest absolute Gasteiger partial charge is 0.269 e. The van der Waals surface area contributed by atoms with E-state index in [0.717, 1.165) is 22.4 Å². The van der Waals surface area contributed by atoms with Crippen LogP contribution in [0.3, 0.4) is 0 Å². The third-order valence-corrected chi connectivity index (χ3v) is 4.15. The van der Waals surface area contributed by atoms with E-state index >= 15 is 0 Å². The minimum atomic E-state index is -0.184. The summed E-state index contributed by atoms with van der Waals surface area (Å²) in [5, 5.41) is 6.82. The van der Waals surface area contributed by atoms with Gasteiger partial charge in [-0.1, -0.05) is 47.6 Å². The van der Waals surface area contributed by atoms with Crippen LogP contribution >= 0.6 is 0 Å². The molecule has 0 bridgehead atoms. The number of amides is 1. The SMILES string of the molecule is O=C(NCc1ccccc1)C1=NO[C@@H](Cc2nc3ccccc3[nH]2)C1. The monoisotopic (exact) mass is 334 g/mol. The molecule has 3 aromatic rings. The number of carbonyl (C=O) groups is 1. The van der Waals surface area contributed by atoms with Gasteiger partial charge in [-0.25, -0.2) is 4.98 Å². The summed E-state index contributed by atoms with van der Waals surface area (Å²) in [5.41, 5.74) is 3.40. The van der Waals surface area contributed by atoms with E-state index in [2.05, 4.69) is 20.4 Å². The van der Waals surface area contributed by atoms with Crippen molar-refractivity contribution >= 4 is 22.7 Å². The number of fused-ring (bicyclic) bond motifs is 1. The molecule has 0 saturated heterocycles. The molecule has 2 aromatic carbocycles. The average molecular weight is 334 g/mol. The predicted molar refractivity (Wildman–Crippen MR) is 95.0 cm³/mol. The maximum atomic E-state index is 12.2. The molecule has 126 valence electrons. The molecule has 0 saturated carbocycles. The molecule has 0 spiro atoms. The Labute approximate surface area is 144 Å². The van der Waals surface area contributed by atoms with E-state index in [1.54, 1.807) is 0 Å². The van der Waals surface area contributed by atoms with E-state index in [1.165, 1.54) is 0 Å². The molecule has 2 N–H and O–H groups in total. The van der Waals surface area contributed by atoms with Gasteiger partial charge < -0.3 is 15.1 Å². The molecule has 0 fully saturated rings. The van der Waals surface area contributed by atoms with Crippen molar-refractivity contribution in [1.29, 1.82) is 0 Å². The molecular weight excluding hydrogens is 316 g/mol. The Morgan fingerprint density at radius 3 is 2.80 bits per heavy atom. The van der Waals surface area contributed by atoms with Crippen molar-refractivity contribution in [3.63, 3.8) is 0 Å². The van der Waals surface area contributed by atoms with Gasteiger partial charge in [0.05, 0.1) is 11.0 Å². The minimum Gasteiger partial charge on any atom is -0.391 e. The summed E-state index contributed by atoms with van der Waals surface area (Å²) in [6.07, 6.45) is 0.906. The van der Waals surface area contributed by atoms with Crippen molar-refractivity contribution in [2.24, 2.45) is 5.16 Å². The van der Waals surface area contributed by atoms with E-state index < -0.39 is 0 Å². The molecule has 0 radical (unpaired) electrons. The van der Waals surface area contributed by atoms with Crippen LogP contribution in [0.5, 0.6) is 0 Å². The summed E-state index contributed by atoms with van der Waals surface area (Å²) in [4.78, 5) is 25.4. The van der Waals surface area contributed by atoms with E-state index in [0.29, 0.717) is 25.1 Å². The molecule has 6 heteroatoms. The van der Waals surface area contributed by atoms with Crippen molar-refractivity contribution in [3.05, 3.63) is 66.0 Å². The predicted octanol–water partition coefficient (Wildman–Crippen LogP) is 2.57. The summed E-state index contributed by atoms with van der Waals surface area (Å²) in [5.74, 6) is 0.656. The van der Waals surface area contributed by atoms with E-state index in [9.17, 15) is 4.79 Å². The second-order valence-corrected chi connectivity index (χ2v) is 6.04. The summed E-state index contributed by atoms with van der Waals surface area (Å²) < 4.78 is 0. The van der Waals surface area contributed by atoms with Crippen molar-refractivity contribution in [2.45, 2.75) is 25.5 Å². The van der Waals surface area contributed by atoms with Gasteiger partial charge in [0, 0.05) is 19.4 Å². The van der Waals surface area contributed by atoms with Crippen LogP contribution in [-0.4, -0.2) is 27.7 Å². The van der Waals surface area contributed by atoms with Crippen LogP contribution in [0.15, 0.2) is 59.8 Å². The van der Waals surface area contributed by atoms with Gasteiger partial charge in [0.1, 0.15) is 17.6 Å². The number of aromatic amines is 1. The average Bonchev–Trinajstić information content (AvgIpc) is 3.27. The first-order valence-corrected chi connectivity index (χ1v) is 8.26. The van der Waals surface area contributed by atoms with Gasteiger partial charge in [0.25, 0.3) is 5.91 Å². The molecule has 0 aliphatic carbocycles. The fourth-order valence-corrected chi connectivity index (χ4v) is 2.87. The molecule has 25 heavy (non-hydrogen) atoms. The van der Waals surface area contributed by atoms with Gasteiger partial charge in [-0.2, -0.15) is 0 Å². The number of imidazole rings is 1. The van der Waals surface area contributed by atoms with Crippen LogP contribution in [0.4, 0.5) is 0 Å². The number of H-pyrrole nitrogens is 1. The lowest BCUT2D eigenvalue weighted by Gasteiger charge is -2.06. The number of oxime groups is 1. The van der Waals surface area contributed by atoms with Crippen molar-refractivity contribution in [1.82, 2.24) is 15.3 Å². The number of nitrogens with zero attached hydrogens (tertiary/aromatic N) is 2. The summed E-state index contributed by atoms with van der Waals surface area (Å²) >= 11 is 0. The van der Waals surface area contributed by atoms with Gasteiger partial charge in [-0.05, 0) is 17.7 Å². The summed E-state index contributed by atoms with van der Waals surface area (Å²) in [6, 6.07) is 17.6. The Bertz CT molecular complexity index is 884. The molecule has 1 aromatic heterocycles. The van der Waals surface area contributed by atoms with Crippen LogP contribution in [0, 0.1) is 0 Å². The molecule has 2 heterocycles. The molecule has 6 nitrogen and oxygen atoms in total. The Morgan fingerprint density at radius 1 is 1.16 bits per heavy atom. The van der Waals surface area contributed by atoms with Gasteiger partial charge in [-0.3, -0.25) is 4.79 Å². The first-order chi connectivity index (χ1) is 12.3. The largest absolute Gasteiger partial charge is 0.391 e. The second kappa shape index (κ2) is 6.76. The molecular formula is C19H18N4O2. The highest BCUT2D eigenvalue weighted by atomic mass is 16.6. The standard InChI is InChI=1S/C19H18N4O2/c24-19(20-12-13-6-2-1-3-7-13)17-10-14(25-23-17)11-18-21-15-8-4-5-9-16(15)22-18/h1-9,14H,10-12H2,(H,20,24)(H,21,22)/t14-/m1/s1. The van der Waals surface area contributed by atoms with Gasteiger partial charge in [0.15, 0.2) is 0 Å². The molecule has 1 amide bonds. The van der Waals surface area contributed by atoms with Crippen LogP contribution in [0.2, 0.25) is 0 Å². The first kappa shape index (κ1) is 15.4. The van der Waals surface area contributed by atoms with Crippen LogP contribution in [-0.2, 0) is 22.6 Å². The van der Waals surface area contributed by atoms with Crippen LogP contribution < -0.4 is 5.32 Å². The molecule has 4 rings (SSSR count). The number of rotatable bonds is 5. The number of carbonyl (C=O) groups excluding carboxylic acids is 1. The zero-order chi connectivity index (χ0) is 17.1. The summed E-state index contributed by atoms with van der Waals surface area (Å²) in [6.45, 7) is 0.479. The third kappa shape index (κ3) is 3.52. The van der Waals surface area contributed by atoms with Gasteiger partial charge in [-0.15, -0.1) is 0 Å². The maximum Gasteiger partial charge on any atom is 0.269 e.